The first-order valence-electron chi connectivity index (χ1n) is 10.4. The molecule has 2 fully saturated rings. The van der Waals surface area contributed by atoms with Gasteiger partial charge >= 0.3 is 0 Å². The summed E-state index contributed by atoms with van der Waals surface area (Å²) in [6.45, 7) is 4.06. The molecule has 1 saturated heterocycles. The number of nitrogens with one attached hydrogen (secondary N) is 2. The third kappa shape index (κ3) is 3.02. The maximum atomic E-state index is 4.67. The van der Waals surface area contributed by atoms with Crippen molar-refractivity contribution in [3.05, 3.63) is 43.0 Å². The molecule has 3 aromatic heterocycles. The summed E-state index contributed by atoms with van der Waals surface area (Å²) in [5, 5.41) is 25.3. The van der Waals surface area contributed by atoms with Crippen molar-refractivity contribution in [3.63, 3.8) is 0 Å². The van der Waals surface area contributed by atoms with E-state index in [2.05, 4.69) is 47.6 Å². The average Bonchev–Trinajstić information content (AvgIpc) is 3.26. The highest BCUT2D eigenvalue weighted by Gasteiger charge is 2.36. The lowest BCUT2D eigenvalue weighted by Crippen LogP contribution is -2.56. The zero-order chi connectivity index (χ0) is 20.1. The number of rotatable bonds is 4. The Morgan fingerprint density at radius 1 is 1.10 bits per heavy atom. The molecule has 0 radical (unpaired) electrons. The number of hydrogen-bond donors (Lipinski definition) is 2. The van der Waals surface area contributed by atoms with Crippen molar-refractivity contribution in [2.75, 3.05) is 18.0 Å². The van der Waals surface area contributed by atoms with Crippen LogP contribution in [0.4, 0.5) is 5.95 Å². The molecule has 6 rings (SSSR count). The average molecular weight is 401 g/mol. The van der Waals surface area contributed by atoms with Crippen LogP contribution in [0.15, 0.2) is 43.0 Å². The Labute approximate surface area is 173 Å². The molecule has 1 aliphatic carbocycles. The normalized spacial score (nSPS) is 22.0. The van der Waals surface area contributed by atoms with Crippen molar-refractivity contribution in [1.82, 2.24) is 40.5 Å². The van der Waals surface area contributed by atoms with Gasteiger partial charge in [0, 0.05) is 48.5 Å². The predicted octanol–water partition coefficient (Wildman–Crippen LogP) is 2.18. The first kappa shape index (κ1) is 17.5. The minimum atomic E-state index is 0.424. The van der Waals surface area contributed by atoms with Crippen LogP contribution < -0.4 is 10.2 Å². The number of nitrogens with zero attached hydrogens (tertiary/aromatic N) is 7. The molecule has 2 aliphatic rings. The van der Waals surface area contributed by atoms with Crippen LogP contribution in [0.5, 0.6) is 0 Å². The zero-order valence-corrected chi connectivity index (χ0v) is 16.7. The number of benzene rings is 1. The summed E-state index contributed by atoms with van der Waals surface area (Å²) in [5.74, 6) is 1.50. The summed E-state index contributed by atoms with van der Waals surface area (Å²) < 4.78 is 1.82. The Kier molecular flexibility index (Phi) is 4.02. The van der Waals surface area contributed by atoms with E-state index in [9.17, 15) is 0 Å². The Morgan fingerprint density at radius 2 is 2.03 bits per heavy atom. The fourth-order valence-electron chi connectivity index (χ4n) is 4.44. The summed E-state index contributed by atoms with van der Waals surface area (Å²) in [6, 6.07) is 6.88. The summed E-state index contributed by atoms with van der Waals surface area (Å²) in [4.78, 5) is 6.93. The number of anilines is 1. The van der Waals surface area contributed by atoms with Crippen LogP contribution in [0.1, 0.15) is 19.8 Å². The Hall–Kier alpha value is -3.33. The van der Waals surface area contributed by atoms with E-state index in [4.69, 9.17) is 0 Å². The maximum Gasteiger partial charge on any atom is 0.245 e. The summed E-state index contributed by atoms with van der Waals surface area (Å²) in [5.41, 5.74) is 3.53. The molecule has 4 aromatic rings. The Morgan fingerprint density at radius 3 is 2.80 bits per heavy atom. The van der Waals surface area contributed by atoms with Crippen LogP contribution in [0.25, 0.3) is 27.8 Å². The topological polar surface area (TPSA) is 100 Å². The summed E-state index contributed by atoms with van der Waals surface area (Å²) in [6.07, 6.45) is 9.95. The molecule has 2 atom stereocenters. The monoisotopic (exact) mass is 401 g/mol. The number of aromatic nitrogens is 7. The molecule has 0 spiro atoms. The van der Waals surface area contributed by atoms with E-state index in [1.807, 2.05) is 41.5 Å². The molecule has 0 bridgehead atoms. The molecule has 1 aliphatic heterocycles. The summed E-state index contributed by atoms with van der Waals surface area (Å²) >= 11 is 0. The molecule has 9 heteroatoms. The van der Waals surface area contributed by atoms with E-state index in [1.54, 1.807) is 6.20 Å². The SMILES string of the molecule is C[C@H]1CN(c2ncc(-c3ccc(-n4cccn4)c4[nH]ncc34)nn2)C[C@@H](C2CC2)N1. The lowest BCUT2D eigenvalue weighted by Gasteiger charge is -2.37. The van der Waals surface area contributed by atoms with Crippen molar-refractivity contribution in [2.45, 2.75) is 31.8 Å². The molecule has 4 heterocycles. The van der Waals surface area contributed by atoms with Gasteiger partial charge in [0.2, 0.25) is 5.95 Å². The van der Waals surface area contributed by atoms with E-state index < -0.39 is 0 Å². The van der Waals surface area contributed by atoms with Crippen LogP contribution in [0, 0.1) is 5.92 Å². The van der Waals surface area contributed by atoms with Crippen molar-refractivity contribution < 1.29 is 0 Å². The molecule has 152 valence electrons. The highest BCUT2D eigenvalue weighted by molar-refractivity contribution is 5.97. The van der Waals surface area contributed by atoms with E-state index in [0.717, 1.165) is 46.9 Å². The lowest BCUT2D eigenvalue weighted by molar-refractivity contribution is 0.355. The van der Waals surface area contributed by atoms with E-state index in [1.165, 1.54) is 12.8 Å². The van der Waals surface area contributed by atoms with Crippen molar-refractivity contribution in [3.8, 4) is 16.9 Å². The van der Waals surface area contributed by atoms with Gasteiger partial charge in [-0.3, -0.25) is 5.10 Å². The van der Waals surface area contributed by atoms with Crippen LogP contribution in [-0.2, 0) is 0 Å². The Bertz CT molecular complexity index is 1160. The fraction of sp³-hybridized carbons (Fsp3) is 0.381. The van der Waals surface area contributed by atoms with Crippen molar-refractivity contribution in [2.24, 2.45) is 5.92 Å². The molecule has 9 nitrogen and oxygen atoms in total. The molecule has 1 aromatic carbocycles. The van der Waals surface area contributed by atoms with Gasteiger partial charge in [-0.2, -0.15) is 10.2 Å². The smallest absolute Gasteiger partial charge is 0.245 e. The van der Waals surface area contributed by atoms with E-state index >= 15 is 0 Å². The minimum absolute atomic E-state index is 0.424. The van der Waals surface area contributed by atoms with Gasteiger partial charge in [-0.05, 0) is 43.9 Å². The molecule has 1 saturated carbocycles. The van der Waals surface area contributed by atoms with Crippen LogP contribution in [0.2, 0.25) is 0 Å². The van der Waals surface area contributed by atoms with Crippen LogP contribution in [0.3, 0.4) is 0 Å². The molecule has 2 N–H and O–H groups in total. The molecule has 30 heavy (non-hydrogen) atoms. The number of hydrogen-bond acceptors (Lipinski definition) is 7. The number of H-pyrrole nitrogens is 1. The van der Waals surface area contributed by atoms with Crippen LogP contribution in [-0.4, -0.2) is 60.3 Å². The Balaban J connectivity index is 1.31. The van der Waals surface area contributed by atoms with Gasteiger partial charge < -0.3 is 10.2 Å². The second-order valence-corrected chi connectivity index (χ2v) is 8.30. The number of fused-ring (bicyclic) bond motifs is 1. The van der Waals surface area contributed by atoms with Crippen molar-refractivity contribution >= 4 is 16.9 Å². The maximum absolute atomic E-state index is 4.67. The van der Waals surface area contributed by atoms with E-state index in [-0.39, 0.29) is 0 Å². The molecular formula is C21H23N9. The highest BCUT2D eigenvalue weighted by atomic mass is 15.3. The lowest BCUT2D eigenvalue weighted by atomic mass is 10.1. The fourth-order valence-corrected chi connectivity index (χ4v) is 4.44. The van der Waals surface area contributed by atoms with Gasteiger partial charge in [0.05, 0.1) is 23.6 Å². The largest absolute Gasteiger partial charge is 0.336 e. The highest BCUT2D eigenvalue weighted by Crippen LogP contribution is 2.35. The minimum Gasteiger partial charge on any atom is -0.336 e. The van der Waals surface area contributed by atoms with Crippen LogP contribution >= 0.6 is 0 Å². The zero-order valence-electron chi connectivity index (χ0n) is 16.7. The van der Waals surface area contributed by atoms with Gasteiger partial charge in [-0.25, -0.2) is 9.67 Å². The van der Waals surface area contributed by atoms with Gasteiger partial charge in [0.25, 0.3) is 0 Å². The predicted molar refractivity (Wildman–Crippen MR) is 113 cm³/mol. The first-order chi connectivity index (χ1) is 14.8. The van der Waals surface area contributed by atoms with Gasteiger partial charge in [0.15, 0.2) is 0 Å². The van der Waals surface area contributed by atoms with Gasteiger partial charge in [-0.15, -0.1) is 10.2 Å². The number of aromatic amines is 1. The molecular weight excluding hydrogens is 378 g/mol. The second-order valence-electron chi connectivity index (χ2n) is 8.30. The number of piperazine rings is 1. The molecule has 0 amide bonds. The van der Waals surface area contributed by atoms with Gasteiger partial charge in [0.1, 0.15) is 5.69 Å². The van der Waals surface area contributed by atoms with Crippen molar-refractivity contribution in [1.29, 1.82) is 0 Å². The second kappa shape index (κ2) is 6.88. The third-order valence-corrected chi connectivity index (χ3v) is 6.05. The standard InChI is InChI=1S/C21H23N9/c1-13-11-29(12-18(25-13)14-3-4-14)21-22-10-17(26-28-21)15-5-6-19(30-8-2-7-24-30)20-16(15)9-23-27-20/h2,5-10,13-14,18,25H,3-4,11-12H2,1H3,(H,23,27)/t13-,18-/m0/s1. The van der Waals surface area contributed by atoms with E-state index in [0.29, 0.717) is 18.0 Å². The third-order valence-electron chi connectivity index (χ3n) is 6.05. The summed E-state index contributed by atoms with van der Waals surface area (Å²) in [7, 11) is 0. The first-order valence-corrected chi connectivity index (χ1v) is 10.4. The van der Waals surface area contributed by atoms with Gasteiger partial charge in [-0.1, -0.05) is 0 Å². The quantitative estimate of drug-likeness (QED) is 0.540. The molecule has 0 unspecified atom stereocenters.